The normalized spacial score (nSPS) is 9.83. The molecule has 1 amide bonds. The maximum atomic E-state index is 13.1. The molecule has 0 unspecified atom stereocenters. The zero-order chi connectivity index (χ0) is 21.2. The van der Waals surface area contributed by atoms with Gasteiger partial charge in [-0.1, -0.05) is 23.7 Å². The van der Waals surface area contributed by atoms with E-state index in [1.807, 2.05) is 24.3 Å². The van der Waals surface area contributed by atoms with Crippen molar-refractivity contribution in [2.45, 2.75) is 6.61 Å². The number of aromatic nitrogens is 1. The van der Waals surface area contributed by atoms with Crippen LogP contribution in [0.15, 0.2) is 60.7 Å². The average Bonchev–Trinajstić information content (AvgIpc) is 2.73. The van der Waals surface area contributed by atoms with Gasteiger partial charge in [-0.15, -0.1) is 0 Å². The highest BCUT2D eigenvalue weighted by Crippen LogP contribution is 2.27. The van der Waals surface area contributed by atoms with E-state index in [0.717, 1.165) is 16.8 Å². The minimum Gasteiger partial charge on any atom is -0.473 e. The zero-order valence-electron chi connectivity index (χ0n) is 15.7. The monoisotopic (exact) mass is 417 g/mol. The van der Waals surface area contributed by atoms with Crippen molar-refractivity contribution in [3.8, 4) is 17.1 Å². The molecule has 0 aliphatic carbocycles. The fourth-order valence-electron chi connectivity index (χ4n) is 2.44. The van der Waals surface area contributed by atoms with Gasteiger partial charge < -0.3 is 9.75 Å². The second kappa shape index (κ2) is 11.0. The van der Waals surface area contributed by atoms with Crippen LogP contribution < -0.4 is 26.9 Å². The number of benzene rings is 2. The molecule has 0 aliphatic heterocycles. The highest BCUT2D eigenvalue weighted by Gasteiger charge is 2.11. The molecule has 1 heterocycles. The molecule has 0 atom stereocenters. The van der Waals surface area contributed by atoms with Crippen LogP contribution in [0.2, 0.25) is 5.02 Å². The van der Waals surface area contributed by atoms with Crippen molar-refractivity contribution in [3.63, 3.8) is 0 Å². The van der Waals surface area contributed by atoms with Gasteiger partial charge in [-0.25, -0.2) is 21.1 Å². The van der Waals surface area contributed by atoms with E-state index in [9.17, 15) is 4.39 Å². The Bertz CT molecular complexity index is 938. The number of hydrogen-bond acceptors (Lipinski definition) is 6. The third kappa shape index (κ3) is 6.42. The molecule has 3 rings (SSSR count). The van der Waals surface area contributed by atoms with Crippen molar-refractivity contribution in [2.24, 2.45) is 11.7 Å². The summed E-state index contributed by atoms with van der Waals surface area (Å²) in [7, 11) is 1.74. The molecule has 0 saturated heterocycles. The number of rotatable bonds is 6. The van der Waals surface area contributed by atoms with E-state index in [1.54, 1.807) is 36.7 Å². The molecular formula is C20H21ClFN5O2. The number of carbonyl (C=O) groups is 1. The first-order valence-electron chi connectivity index (χ1n) is 8.47. The number of halogens is 2. The van der Waals surface area contributed by atoms with E-state index >= 15 is 0 Å². The lowest BCUT2D eigenvalue weighted by Crippen LogP contribution is -2.26. The highest BCUT2D eigenvalue weighted by molar-refractivity contribution is 6.31. The first-order chi connectivity index (χ1) is 14.0. The SMILES string of the molecule is CN(N)c1cccc(Cl)c1COc1cccc(-c2ccc(F)cc2)n1.NNC=O. The Balaban J connectivity index is 0.000000687. The molecule has 0 radical (unpaired) electrons. The summed E-state index contributed by atoms with van der Waals surface area (Å²) in [5, 5.41) is 2.07. The Kier molecular flexibility index (Phi) is 8.35. The molecule has 0 spiro atoms. The number of anilines is 1. The fourth-order valence-corrected chi connectivity index (χ4v) is 2.67. The third-order valence-electron chi connectivity index (χ3n) is 3.77. The minimum atomic E-state index is -0.284. The number of carbonyl (C=O) groups excluding carboxylic acids is 1. The van der Waals surface area contributed by atoms with Crippen molar-refractivity contribution < 1.29 is 13.9 Å². The zero-order valence-corrected chi connectivity index (χ0v) is 16.4. The molecule has 152 valence electrons. The summed E-state index contributed by atoms with van der Waals surface area (Å²) in [5.74, 6) is 10.4. The maximum Gasteiger partial charge on any atom is 0.221 e. The van der Waals surface area contributed by atoms with Crippen LogP contribution in [0.5, 0.6) is 5.88 Å². The summed E-state index contributed by atoms with van der Waals surface area (Å²) in [6, 6.07) is 17.1. The molecule has 7 nitrogen and oxygen atoms in total. The van der Waals surface area contributed by atoms with Crippen LogP contribution >= 0.6 is 11.6 Å². The number of ether oxygens (including phenoxy) is 1. The Labute approximate surface area is 173 Å². The average molecular weight is 418 g/mol. The topological polar surface area (TPSA) is 106 Å². The summed E-state index contributed by atoms with van der Waals surface area (Å²) >= 11 is 6.26. The highest BCUT2D eigenvalue weighted by atomic mass is 35.5. The molecule has 3 aromatic rings. The van der Waals surface area contributed by atoms with Gasteiger partial charge in [0.2, 0.25) is 12.3 Å². The van der Waals surface area contributed by atoms with Crippen molar-refractivity contribution in [2.75, 3.05) is 12.1 Å². The molecule has 0 saturated carbocycles. The summed E-state index contributed by atoms with van der Waals surface area (Å²) < 4.78 is 18.9. The second-order valence-electron chi connectivity index (χ2n) is 5.79. The predicted octanol–water partition coefficient (Wildman–Crippen LogP) is 3.04. The van der Waals surface area contributed by atoms with Gasteiger partial charge in [0.15, 0.2) is 0 Å². The lowest BCUT2D eigenvalue weighted by Gasteiger charge is -2.18. The number of nitrogens with zero attached hydrogens (tertiary/aromatic N) is 2. The van der Waals surface area contributed by atoms with Crippen molar-refractivity contribution in [1.82, 2.24) is 10.4 Å². The Morgan fingerprint density at radius 2 is 1.83 bits per heavy atom. The molecule has 0 aliphatic rings. The van der Waals surface area contributed by atoms with Crippen LogP contribution in [-0.4, -0.2) is 18.4 Å². The molecule has 9 heteroatoms. The van der Waals surface area contributed by atoms with Crippen LogP contribution in [0, 0.1) is 5.82 Å². The standard InChI is InChI=1S/C19H17ClFN3O.CH4N2O/c1-24(22)18-6-2-4-16(20)15(18)12-25-19-7-3-5-17(23-19)13-8-10-14(21)11-9-13;2-3-1-4/h2-11H,12,22H2,1H3;1H,2H2,(H,3,4). The predicted molar refractivity (Wildman–Crippen MR) is 111 cm³/mol. The minimum absolute atomic E-state index is 0.233. The summed E-state index contributed by atoms with van der Waals surface area (Å²) in [6.45, 7) is 0.233. The summed E-state index contributed by atoms with van der Waals surface area (Å²) in [5.41, 5.74) is 4.82. The number of hydrogen-bond donors (Lipinski definition) is 3. The second-order valence-corrected chi connectivity index (χ2v) is 6.20. The van der Waals surface area contributed by atoms with E-state index in [4.69, 9.17) is 27.0 Å². The van der Waals surface area contributed by atoms with Crippen LogP contribution in [-0.2, 0) is 11.4 Å². The fraction of sp³-hybridized carbons (Fsp3) is 0.100. The molecule has 0 fully saturated rings. The molecular weight excluding hydrogens is 397 g/mol. The van der Waals surface area contributed by atoms with Crippen LogP contribution in [0.3, 0.4) is 0 Å². The molecule has 5 N–H and O–H groups in total. The quantitative estimate of drug-likeness (QED) is 0.246. The molecule has 2 aromatic carbocycles. The molecule has 1 aromatic heterocycles. The number of pyridine rings is 1. The van der Waals surface area contributed by atoms with E-state index in [-0.39, 0.29) is 12.4 Å². The number of nitrogens with two attached hydrogens (primary N) is 2. The van der Waals surface area contributed by atoms with Gasteiger partial charge in [0.05, 0.1) is 11.4 Å². The number of amides is 1. The number of nitrogens with one attached hydrogen (secondary N) is 1. The first kappa shape index (κ1) is 22.1. The van der Waals surface area contributed by atoms with Gasteiger partial charge in [0, 0.05) is 29.3 Å². The van der Waals surface area contributed by atoms with Crippen LogP contribution in [0.4, 0.5) is 10.1 Å². The van der Waals surface area contributed by atoms with Crippen LogP contribution in [0.25, 0.3) is 11.3 Å². The van der Waals surface area contributed by atoms with E-state index in [0.29, 0.717) is 23.0 Å². The van der Waals surface area contributed by atoms with Crippen molar-refractivity contribution in [3.05, 3.63) is 77.1 Å². The third-order valence-corrected chi connectivity index (χ3v) is 4.12. The first-order valence-corrected chi connectivity index (χ1v) is 8.85. The van der Waals surface area contributed by atoms with Gasteiger partial charge in [-0.2, -0.15) is 0 Å². The van der Waals surface area contributed by atoms with Crippen molar-refractivity contribution in [1.29, 1.82) is 0 Å². The van der Waals surface area contributed by atoms with E-state index < -0.39 is 0 Å². The smallest absolute Gasteiger partial charge is 0.221 e. The van der Waals surface area contributed by atoms with Crippen molar-refractivity contribution >= 4 is 23.7 Å². The van der Waals surface area contributed by atoms with Gasteiger partial charge >= 0.3 is 0 Å². The Morgan fingerprint density at radius 1 is 1.17 bits per heavy atom. The van der Waals surface area contributed by atoms with E-state index in [1.165, 1.54) is 17.1 Å². The number of hydrazine groups is 2. The lowest BCUT2D eigenvalue weighted by molar-refractivity contribution is -0.109. The largest absolute Gasteiger partial charge is 0.473 e. The van der Waals surface area contributed by atoms with E-state index in [2.05, 4.69) is 10.8 Å². The maximum absolute atomic E-state index is 13.1. The molecule has 29 heavy (non-hydrogen) atoms. The lowest BCUT2D eigenvalue weighted by atomic mass is 10.1. The summed E-state index contributed by atoms with van der Waals surface area (Å²) in [4.78, 5) is 13.4. The van der Waals surface area contributed by atoms with Gasteiger partial charge in [-0.05, 0) is 42.5 Å². The Morgan fingerprint density at radius 3 is 2.45 bits per heavy atom. The van der Waals surface area contributed by atoms with Gasteiger partial charge in [0.1, 0.15) is 12.4 Å². The van der Waals surface area contributed by atoms with Gasteiger partial charge in [-0.3, -0.25) is 10.2 Å². The summed E-state index contributed by atoms with van der Waals surface area (Å²) in [6.07, 6.45) is 0.403. The Hall–Kier alpha value is -3.20. The molecule has 0 bridgehead atoms. The van der Waals surface area contributed by atoms with Gasteiger partial charge in [0.25, 0.3) is 0 Å². The van der Waals surface area contributed by atoms with Crippen LogP contribution in [0.1, 0.15) is 5.56 Å².